The minimum atomic E-state index is -3.50. The molecule has 0 saturated heterocycles. The molecule has 0 spiro atoms. The molecule has 0 aromatic carbocycles. The van der Waals surface area contributed by atoms with Crippen LogP contribution in [0.4, 0.5) is 0 Å². The van der Waals surface area contributed by atoms with Crippen molar-refractivity contribution < 1.29 is 8.42 Å². The summed E-state index contributed by atoms with van der Waals surface area (Å²) in [7, 11) is -3.50. The lowest BCUT2D eigenvalue weighted by molar-refractivity contribution is 0.552. The van der Waals surface area contributed by atoms with E-state index in [4.69, 9.17) is 0 Å². The lowest BCUT2D eigenvalue weighted by atomic mass is 10.5. The SMILES string of the molecule is CCCNCCn1cc(S(=O)(=O)NCc2cccs2)cn1. The van der Waals surface area contributed by atoms with E-state index in [0.29, 0.717) is 13.1 Å². The zero-order valence-electron chi connectivity index (χ0n) is 11.9. The van der Waals surface area contributed by atoms with Crippen molar-refractivity contribution in [1.29, 1.82) is 0 Å². The summed E-state index contributed by atoms with van der Waals surface area (Å²) in [5.41, 5.74) is 0. The van der Waals surface area contributed by atoms with Crippen LogP contribution >= 0.6 is 11.3 Å². The molecule has 116 valence electrons. The van der Waals surface area contributed by atoms with E-state index in [-0.39, 0.29) is 4.90 Å². The molecule has 0 saturated carbocycles. The second-order valence-corrected chi connectivity index (χ2v) is 7.39. The van der Waals surface area contributed by atoms with Crippen LogP contribution in [0, 0.1) is 0 Å². The third-order valence-electron chi connectivity index (χ3n) is 2.88. The molecule has 2 aromatic heterocycles. The molecule has 6 nitrogen and oxygen atoms in total. The average molecular weight is 328 g/mol. The molecule has 2 rings (SSSR count). The summed E-state index contributed by atoms with van der Waals surface area (Å²) in [6.45, 7) is 4.79. The van der Waals surface area contributed by atoms with Crippen LogP contribution in [0.25, 0.3) is 0 Å². The van der Waals surface area contributed by atoms with Gasteiger partial charge in [0, 0.05) is 24.2 Å². The minimum absolute atomic E-state index is 0.203. The van der Waals surface area contributed by atoms with Gasteiger partial charge in [-0.15, -0.1) is 11.3 Å². The highest BCUT2D eigenvalue weighted by molar-refractivity contribution is 7.89. The molecule has 0 amide bonds. The zero-order valence-corrected chi connectivity index (χ0v) is 13.6. The van der Waals surface area contributed by atoms with Crippen LogP contribution in [0.2, 0.25) is 0 Å². The summed E-state index contributed by atoms with van der Waals surface area (Å²) in [5.74, 6) is 0. The van der Waals surface area contributed by atoms with Crippen molar-refractivity contribution >= 4 is 21.4 Å². The molecule has 0 atom stereocenters. The summed E-state index contributed by atoms with van der Waals surface area (Å²) in [4.78, 5) is 1.18. The Hall–Kier alpha value is -1.22. The van der Waals surface area contributed by atoms with Crippen molar-refractivity contribution in [3.05, 3.63) is 34.8 Å². The van der Waals surface area contributed by atoms with Crippen LogP contribution in [0.5, 0.6) is 0 Å². The van der Waals surface area contributed by atoms with Crippen molar-refractivity contribution in [3.63, 3.8) is 0 Å². The molecule has 0 fully saturated rings. The Balaban J connectivity index is 1.89. The Bertz CT molecular complexity index is 635. The number of thiophene rings is 1. The summed E-state index contributed by atoms with van der Waals surface area (Å²) >= 11 is 1.52. The number of sulfonamides is 1. The van der Waals surface area contributed by atoms with Crippen molar-refractivity contribution in [1.82, 2.24) is 19.8 Å². The fourth-order valence-electron chi connectivity index (χ4n) is 1.76. The Labute approximate surface area is 129 Å². The number of nitrogens with zero attached hydrogens (tertiary/aromatic N) is 2. The highest BCUT2D eigenvalue weighted by Gasteiger charge is 2.16. The molecular weight excluding hydrogens is 308 g/mol. The van der Waals surface area contributed by atoms with Crippen LogP contribution in [0.3, 0.4) is 0 Å². The molecule has 21 heavy (non-hydrogen) atoms. The first-order valence-corrected chi connectivity index (χ1v) is 9.23. The van der Waals surface area contributed by atoms with Gasteiger partial charge in [-0.05, 0) is 24.4 Å². The molecule has 0 aliphatic carbocycles. The van der Waals surface area contributed by atoms with Gasteiger partial charge >= 0.3 is 0 Å². The van der Waals surface area contributed by atoms with Gasteiger partial charge in [-0.2, -0.15) is 5.10 Å². The molecule has 0 unspecified atom stereocenters. The maximum Gasteiger partial charge on any atom is 0.244 e. The van der Waals surface area contributed by atoms with Gasteiger partial charge in [0.1, 0.15) is 4.90 Å². The molecule has 2 heterocycles. The Morgan fingerprint density at radius 2 is 2.24 bits per heavy atom. The number of hydrogen-bond acceptors (Lipinski definition) is 5. The van der Waals surface area contributed by atoms with Gasteiger partial charge in [0.25, 0.3) is 0 Å². The fraction of sp³-hybridized carbons (Fsp3) is 0.462. The van der Waals surface area contributed by atoms with E-state index >= 15 is 0 Å². The van der Waals surface area contributed by atoms with E-state index in [2.05, 4.69) is 22.1 Å². The van der Waals surface area contributed by atoms with E-state index in [9.17, 15) is 8.42 Å². The second kappa shape index (κ2) is 7.69. The number of hydrogen-bond donors (Lipinski definition) is 2. The Kier molecular flexibility index (Phi) is 5.92. The van der Waals surface area contributed by atoms with Gasteiger partial charge in [-0.25, -0.2) is 13.1 Å². The first-order valence-electron chi connectivity index (χ1n) is 6.87. The number of nitrogens with one attached hydrogen (secondary N) is 2. The van der Waals surface area contributed by atoms with Crippen LogP contribution < -0.4 is 10.0 Å². The van der Waals surface area contributed by atoms with Crippen molar-refractivity contribution in [3.8, 4) is 0 Å². The molecule has 0 aliphatic heterocycles. The van der Waals surface area contributed by atoms with E-state index < -0.39 is 10.0 Å². The Morgan fingerprint density at radius 3 is 2.95 bits per heavy atom. The average Bonchev–Trinajstić information content (AvgIpc) is 3.13. The van der Waals surface area contributed by atoms with Gasteiger partial charge in [0.2, 0.25) is 10.0 Å². The standard InChI is InChI=1S/C13H20N4O2S2/c1-2-5-14-6-7-17-11-13(10-15-17)21(18,19)16-9-12-4-3-8-20-12/h3-4,8,10-11,14,16H,2,5-7,9H2,1H3. The van der Waals surface area contributed by atoms with E-state index in [1.807, 2.05) is 17.5 Å². The third kappa shape index (κ3) is 4.92. The molecule has 8 heteroatoms. The van der Waals surface area contributed by atoms with E-state index in [1.54, 1.807) is 10.9 Å². The smallest absolute Gasteiger partial charge is 0.244 e. The predicted molar refractivity (Wildman–Crippen MR) is 83.7 cm³/mol. The lowest BCUT2D eigenvalue weighted by Crippen LogP contribution is -2.22. The molecule has 0 bridgehead atoms. The van der Waals surface area contributed by atoms with E-state index in [1.165, 1.54) is 17.5 Å². The maximum atomic E-state index is 12.1. The van der Waals surface area contributed by atoms with Crippen molar-refractivity contribution in [2.24, 2.45) is 0 Å². The van der Waals surface area contributed by atoms with E-state index in [0.717, 1.165) is 24.4 Å². The molecule has 0 radical (unpaired) electrons. The highest BCUT2D eigenvalue weighted by Crippen LogP contribution is 2.11. The number of aromatic nitrogens is 2. The molecule has 2 aromatic rings. The third-order valence-corrected chi connectivity index (χ3v) is 5.11. The van der Waals surface area contributed by atoms with Gasteiger partial charge in [-0.1, -0.05) is 13.0 Å². The van der Waals surface area contributed by atoms with Gasteiger partial charge in [0.05, 0.1) is 12.7 Å². The molecular formula is C13H20N4O2S2. The second-order valence-electron chi connectivity index (χ2n) is 4.59. The topological polar surface area (TPSA) is 76.0 Å². The predicted octanol–water partition coefficient (Wildman–Crippen LogP) is 1.42. The van der Waals surface area contributed by atoms with Crippen LogP contribution in [-0.4, -0.2) is 31.3 Å². The van der Waals surface area contributed by atoms with Crippen molar-refractivity contribution in [2.45, 2.75) is 31.3 Å². The summed E-state index contributed by atoms with van der Waals surface area (Å²) in [6, 6.07) is 3.80. The monoisotopic (exact) mass is 328 g/mol. The fourth-order valence-corrected chi connectivity index (χ4v) is 3.46. The van der Waals surface area contributed by atoms with Crippen LogP contribution in [0.15, 0.2) is 34.8 Å². The molecule has 2 N–H and O–H groups in total. The summed E-state index contributed by atoms with van der Waals surface area (Å²) in [5, 5.41) is 9.26. The Morgan fingerprint density at radius 1 is 1.38 bits per heavy atom. The lowest BCUT2D eigenvalue weighted by Gasteiger charge is -2.04. The first-order chi connectivity index (χ1) is 10.1. The van der Waals surface area contributed by atoms with Crippen LogP contribution in [-0.2, 0) is 23.1 Å². The van der Waals surface area contributed by atoms with Gasteiger partial charge in [0.15, 0.2) is 0 Å². The van der Waals surface area contributed by atoms with Gasteiger partial charge < -0.3 is 5.32 Å². The molecule has 0 aliphatic rings. The number of rotatable bonds is 9. The van der Waals surface area contributed by atoms with Crippen LogP contribution in [0.1, 0.15) is 18.2 Å². The first kappa shape index (κ1) is 16.2. The zero-order chi connectivity index (χ0) is 15.1. The normalized spacial score (nSPS) is 11.9. The summed E-state index contributed by atoms with van der Waals surface area (Å²) < 4.78 is 28.5. The van der Waals surface area contributed by atoms with Gasteiger partial charge in [-0.3, -0.25) is 4.68 Å². The maximum absolute atomic E-state index is 12.1. The van der Waals surface area contributed by atoms with Crippen molar-refractivity contribution in [2.75, 3.05) is 13.1 Å². The largest absolute Gasteiger partial charge is 0.315 e. The quantitative estimate of drug-likeness (QED) is 0.683. The summed E-state index contributed by atoms with van der Waals surface area (Å²) in [6.07, 6.45) is 4.02. The highest BCUT2D eigenvalue weighted by atomic mass is 32.2. The minimum Gasteiger partial charge on any atom is -0.315 e.